The molecule has 1 fully saturated rings. The van der Waals surface area contributed by atoms with E-state index in [4.69, 9.17) is 4.74 Å². The van der Waals surface area contributed by atoms with Crippen molar-refractivity contribution in [3.8, 4) is 5.75 Å². The molecular weight excluding hydrogens is 334 g/mol. The van der Waals surface area contributed by atoms with E-state index in [-0.39, 0.29) is 5.91 Å². The maximum absolute atomic E-state index is 12.4. The molecule has 1 aliphatic rings. The van der Waals surface area contributed by atoms with Crippen molar-refractivity contribution in [3.63, 3.8) is 0 Å². The number of rotatable bonds is 6. The number of hydrogen-bond acceptors (Lipinski definition) is 4. The number of carbonyl (C=O) groups excluding carboxylic acids is 1. The first-order valence-corrected chi connectivity index (χ1v) is 9.57. The van der Waals surface area contributed by atoms with Gasteiger partial charge >= 0.3 is 0 Å². The van der Waals surface area contributed by atoms with Crippen LogP contribution in [0.25, 0.3) is 0 Å². The number of piperazine rings is 1. The molecule has 1 aromatic carbocycles. The highest BCUT2D eigenvalue weighted by molar-refractivity contribution is 7.07. The number of methoxy groups -OCH3 is 1. The molecule has 0 atom stereocenters. The molecule has 0 saturated carbocycles. The molecule has 6 heteroatoms. The molecule has 0 spiro atoms. The zero-order chi connectivity index (χ0) is 17.6. The minimum absolute atomic E-state index is 0.221. The van der Waals surface area contributed by atoms with Gasteiger partial charge in [0.25, 0.3) is 5.91 Å². The molecule has 0 bridgehead atoms. The van der Waals surface area contributed by atoms with Crippen LogP contribution in [0.5, 0.6) is 5.75 Å². The first-order valence-electron chi connectivity index (χ1n) is 8.63. The highest BCUT2D eigenvalue weighted by Gasteiger charge is 2.23. The fourth-order valence-corrected chi connectivity index (χ4v) is 3.80. The molecule has 0 aliphatic carbocycles. The lowest BCUT2D eigenvalue weighted by Gasteiger charge is -2.34. The molecule has 134 valence electrons. The summed E-state index contributed by atoms with van der Waals surface area (Å²) in [5.74, 6) is 1.10. The molecular formula is C19H26N3O2S+. The van der Waals surface area contributed by atoms with Crippen LogP contribution in [0.4, 0.5) is 5.69 Å². The van der Waals surface area contributed by atoms with Crippen LogP contribution in [-0.2, 0) is 11.3 Å². The number of thiophene rings is 1. The van der Waals surface area contributed by atoms with Crippen LogP contribution in [0.15, 0.2) is 41.1 Å². The van der Waals surface area contributed by atoms with Gasteiger partial charge in [-0.3, -0.25) is 4.79 Å². The van der Waals surface area contributed by atoms with Gasteiger partial charge in [0.2, 0.25) is 0 Å². The Bertz CT molecular complexity index is 664. The summed E-state index contributed by atoms with van der Waals surface area (Å²) in [4.78, 5) is 18.0. The van der Waals surface area contributed by atoms with Gasteiger partial charge in [-0.1, -0.05) is 0 Å². The minimum atomic E-state index is 0.221. The number of nitrogens with one attached hydrogen (secondary N) is 1. The fraction of sp³-hybridized carbons (Fsp3) is 0.421. The molecule has 1 amide bonds. The molecule has 2 aromatic rings. The normalized spacial score (nSPS) is 15.2. The largest absolute Gasteiger partial charge is 0.497 e. The van der Waals surface area contributed by atoms with Crippen molar-refractivity contribution >= 4 is 22.9 Å². The second kappa shape index (κ2) is 8.36. The van der Waals surface area contributed by atoms with Gasteiger partial charge in [-0.2, -0.15) is 11.3 Å². The first kappa shape index (κ1) is 17.8. The topological polar surface area (TPSA) is 37.2 Å². The SMILES string of the molecule is COc1ccc(N2CC[NH+](CC(=O)N(C)Cc3ccsc3)CC2)cc1. The van der Waals surface area contributed by atoms with Gasteiger partial charge in [-0.15, -0.1) is 0 Å². The minimum Gasteiger partial charge on any atom is -0.497 e. The predicted octanol–water partition coefficient (Wildman–Crippen LogP) is 1.12. The Morgan fingerprint density at radius 1 is 1.24 bits per heavy atom. The molecule has 1 N–H and O–H groups in total. The number of anilines is 1. The second-order valence-corrected chi connectivity index (χ2v) is 7.27. The van der Waals surface area contributed by atoms with E-state index in [9.17, 15) is 4.79 Å². The van der Waals surface area contributed by atoms with Crippen molar-refractivity contribution in [1.82, 2.24) is 4.90 Å². The van der Waals surface area contributed by atoms with Crippen LogP contribution in [0.2, 0.25) is 0 Å². The van der Waals surface area contributed by atoms with Gasteiger partial charge in [-0.25, -0.2) is 0 Å². The molecule has 3 rings (SSSR count). The summed E-state index contributed by atoms with van der Waals surface area (Å²) >= 11 is 1.67. The van der Waals surface area contributed by atoms with Crippen LogP contribution >= 0.6 is 11.3 Å². The van der Waals surface area contributed by atoms with Gasteiger partial charge in [0.1, 0.15) is 5.75 Å². The quantitative estimate of drug-likeness (QED) is 0.839. The first-order chi connectivity index (χ1) is 12.2. The number of carbonyl (C=O) groups is 1. The summed E-state index contributed by atoms with van der Waals surface area (Å²) in [6, 6.07) is 10.3. The average Bonchev–Trinajstić information content (AvgIpc) is 3.15. The fourth-order valence-electron chi connectivity index (χ4n) is 3.14. The molecule has 1 aromatic heterocycles. The molecule has 25 heavy (non-hydrogen) atoms. The van der Waals surface area contributed by atoms with Gasteiger partial charge in [0, 0.05) is 19.3 Å². The number of quaternary nitrogens is 1. The van der Waals surface area contributed by atoms with E-state index in [1.165, 1.54) is 16.2 Å². The summed E-state index contributed by atoms with van der Waals surface area (Å²) in [6.07, 6.45) is 0. The third kappa shape index (κ3) is 4.74. The zero-order valence-electron chi connectivity index (χ0n) is 14.9. The van der Waals surface area contributed by atoms with Crippen LogP contribution in [-0.4, -0.2) is 57.7 Å². The number of hydrogen-bond donors (Lipinski definition) is 1. The van der Waals surface area contributed by atoms with E-state index >= 15 is 0 Å². The Hall–Kier alpha value is -2.05. The molecule has 1 aliphatic heterocycles. The van der Waals surface area contributed by atoms with Crippen LogP contribution in [0.3, 0.4) is 0 Å². The van der Waals surface area contributed by atoms with Crippen molar-refractivity contribution in [2.75, 3.05) is 51.8 Å². The van der Waals surface area contributed by atoms with Crippen molar-refractivity contribution in [2.24, 2.45) is 0 Å². The summed E-state index contributed by atoms with van der Waals surface area (Å²) in [6.45, 7) is 5.21. The van der Waals surface area contributed by atoms with Gasteiger partial charge in [0.15, 0.2) is 6.54 Å². The van der Waals surface area contributed by atoms with Crippen LogP contribution in [0.1, 0.15) is 5.56 Å². The molecule has 2 heterocycles. The van der Waals surface area contributed by atoms with E-state index in [1.54, 1.807) is 18.4 Å². The maximum Gasteiger partial charge on any atom is 0.277 e. The number of amides is 1. The maximum atomic E-state index is 12.4. The van der Waals surface area contributed by atoms with Crippen molar-refractivity contribution < 1.29 is 14.4 Å². The highest BCUT2D eigenvalue weighted by Crippen LogP contribution is 2.18. The van der Waals surface area contributed by atoms with E-state index in [0.29, 0.717) is 13.1 Å². The van der Waals surface area contributed by atoms with Crippen molar-refractivity contribution in [2.45, 2.75) is 6.54 Å². The second-order valence-electron chi connectivity index (χ2n) is 6.49. The highest BCUT2D eigenvalue weighted by atomic mass is 32.1. The summed E-state index contributed by atoms with van der Waals surface area (Å²) in [5.41, 5.74) is 2.43. The Morgan fingerprint density at radius 2 is 1.96 bits per heavy atom. The van der Waals surface area contributed by atoms with E-state index < -0.39 is 0 Å². The lowest BCUT2D eigenvalue weighted by molar-refractivity contribution is -0.892. The third-order valence-corrected chi connectivity index (χ3v) is 5.47. The van der Waals surface area contributed by atoms with Crippen LogP contribution in [0, 0.1) is 0 Å². The predicted molar refractivity (Wildman–Crippen MR) is 102 cm³/mol. The Balaban J connectivity index is 1.46. The molecule has 0 radical (unpaired) electrons. The lowest BCUT2D eigenvalue weighted by Crippen LogP contribution is -3.15. The standard InChI is InChI=1S/C19H25N3O2S/c1-20(13-16-7-12-25-15-16)19(23)14-21-8-10-22(11-9-21)17-3-5-18(24-2)6-4-17/h3-7,12,15H,8-11,13-14H2,1-2H3/p+1. The number of benzene rings is 1. The van der Waals surface area contributed by atoms with E-state index in [1.807, 2.05) is 24.1 Å². The Labute approximate surface area is 153 Å². The number of likely N-dealkylation sites (N-methyl/N-ethyl adjacent to an activating group) is 1. The van der Waals surface area contributed by atoms with Crippen molar-refractivity contribution in [1.29, 1.82) is 0 Å². The van der Waals surface area contributed by atoms with E-state index in [2.05, 4.69) is 33.9 Å². The number of ether oxygens (including phenoxy) is 1. The number of nitrogens with zero attached hydrogens (tertiary/aromatic N) is 2. The monoisotopic (exact) mass is 360 g/mol. The Kier molecular flexibility index (Phi) is 5.94. The summed E-state index contributed by atoms with van der Waals surface area (Å²) in [7, 11) is 3.58. The lowest BCUT2D eigenvalue weighted by atomic mass is 10.2. The van der Waals surface area contributed by atoms with Gasteiger partial charge in [-0.05, 0) is 46.7 Å². The average molecular weight is 361 g/mol. The molecule has 0 unspecified atom stereocenters. The third-order valence-electron chi connectivity index (χ3n) is 4.73. The molecule has 1 saturated heterocycles. The van der Waals surface area contributed by atoms with Crippen molar-refractivity contribution in [3.05, 3.63) is 46.7 Å². The summed E-state index contributed by atoms with van der Waals surface area (Å²) in [5, 5.41) is 4.15. The smallest absolute Gasteiger partial charge is 0.277 e. The zero-order valence-corrected chi connectivity index (χ0v) is 15.7. The van der Waals surface area contributed by atoms with E-state index in [0.717, 1.165) is 31.9 Å². The van der Waals surface area contributed by atoms with Crippen LogP contribution < -0.4 is 14.5 Å². The van der Waals surface area contributed by atoms with Gasteiger partial charge in [0.05, 0.1) is 33.3 Å². The summed E-state index contributed by atoms with van der Waals surface area (Å²) < 4.78 is 5.21. The Morgan fingerprint density at radius 3 is 2.56 bits per heavy atom. The molecule has 5 nitrogen and oxygen atoms in total. The van der Waals surface area contributed by atoms with Gasteiger partial charge < -0.3 is 19.4 Å².